The van der Waals surface area contributed by atoms with E-state index in [4.69, 9.17) is 15.2 Å². The van der Waals surface area contributed by atoms with Crippen molar-refractivity contribution in [3.05, 3.63) is 48.0 Å². The minimum Gasteiger partial charge on any atom is -0.497 e. The molecule has 0 amide bonds. The fourth-order valence-electron chi connectivity index (χ4n) is 2.01. The van der Waals surface area contributed by atoms with E-state index >= 15 is 0 Å². The molecule has 0 aliphatic carbocycles. The monoisotopic (exact) mass is 272 g/mol. The Hall–Kier alpha value is -2.36. The third-order valence-electron chi connectivity index (χ3n) is 3.17. The highest BCUT2D eigenvalue weighted by molar-refractivity contribution is 5.72. The first-order chi connectivity index (χ1) is 9.74. The molecule has 0 saturated carbocycles. The van der Waals surface area contributed by atoms with Crippen LogP contribution in [0.25, 0.3) is 0 Å². The summed E-state index contributed by atoms with van der Waals surface area (Å²) >= 11 is 0. The van der Waals surface area contributed by atoms with Crippen molar-refractivity contribution in [1.29, 1.82) is 0 Å². The van der Waals surface area contributed by atoms with E-state index in [-0.39, 0.29) is 0 Å². The van der Waals surface area contributed by atoms with Gasteiger partial charge in [0.1, 0.15) is 11.5 Å². The van der Waals surface area contributed by atoms with Crippen LogP contribution >= 0.6 is 0 Å². The minimum absolute atomic E-state index is 0.643. The molecule has 2 aromatic carbocycles. The highest BCUT2D eigenvalue weighted by Gasteiger charge is 2.04. The zero-order valence-corrected chi connectivity index (χ0v) is 11.8. The van der Waals surface area contributed by atoms with Crippen molar-refractivity contribution >= 4 is 11.4 Å². The molecule has 4 heteroatoms. The quantitative estimate of drug-likeness (QED) is 0.794. The summed E-state index contributed by atoms with van der Waals surface area (Å²) in [6.45, 7) is 0.809. The largest absolute Gasteiger partial charge is 0.497 e. The maximum atomic E-state index is 6.01. The molecule has 0 aromatic heterocycles. The van der Waals surface area contributed by atoms with Crippen molar-refractivity contribution in [3.8, 4) is 11.5 Å². The zero-order valence-electron chi connectivity index (χ0n) is 11.8. The summed E-state index contributed by atoms with van der Waals surface area (Å²) in [5.74, 6) is 1.57. The molecule has 0 heterocycles. The average molecular weight is 272 g/mol. The first kappa shape index (κ1) is 14.1. The Labute approximate surface area is 119 Å². The number of para-hydroxylation sites is 1. The Morgan fingerprint density at radius 2 is 1.75 bits per heavy atom. The SMILES string of the molecule is COc1ccc(CCNc2cccc(OC)c2N)cc1. The van der Waals surface area contributed by atoms with E-state index in [0.717, 1.165) is 24.4 Å². The average Bonchev–Trinajstić information content (AvgIpc) is 2.49. The number of methoxy groups -OCH3 is 2. The summed E-state index contributed by atoms with van der Waals surface area (Å²) in [4.78, 5) is 0. The van der Waals surface area contributed by atoms with Gasteiger partial charge in [-0.2, -0.15) is 0 Å². The van der Waals surface area contributed by atoms with Gasteiger partial charge in [-0.15, -0.1) is 0 Å². The van der Waals surface area contributed by atoms with E-state index in [9.17, 15) is 0 Å². The third kappa shape index (κ3) is 3.35. The van der Waals surface area contributed by atoms with Crippen LogP contribution in [0, 0.1) is 0 Å². The van der Waals surface area contributed by atoms with Crippen LogP contribution in [0.2, 0.25) is 0 Å². The second-order valence-electron chi connectivity index (χ2n) is 4.45. The lowest BCUT2D eigenvalue weighted by molar-refractivity contribution is 0.414. The summed E-state index contributed by atoms with van der Waals surface area (Å²) in [5, 5.41) is 3.33. The molecule has 20 heavy (non-hydrogen) atoms. The van der Waals surface area contributed by atoms with Crippen molar-refractivity contribution in [3.63, 3.8) is 0 Å². The van der Waals surface area contributed by atoms with Crippen molar-refractivity contribution in [2.45, 2.75) is 6.42 Å². The van der Waals surface area contributed by atoms with Crippen LogP contribution < -0.4 is 20.5 Å². The second-order valence-corrected chi connectivity index (χ2v) is 4.45. The van der Waals surface area contributed by atoms with E-state index < -0.39 is 0 Å². The van der Waals surface area contributed by atoms with Crippen molar-refractivity contribution in [1.82, 2.24) is 0 Å². The van der Waals surface area contributed by atoms with Crippen LogP contribution in [0.1, 0.15) is 5.56 Å². The standard InChI is InChI=1S/C16H20N2O2/c1-19-13-8-6-12(7-9-13)10-11-18-14-4-3-5-15(20-2)16(14)17/h3-9,18H,10-11,17H2,1-2H3. The fraction of sp³-hybridized carbons (Fsp3) is 0.250. The molecule has 0 spiro atoms. The highest BCUT2D eigenvalue weighted by atomic mass is 16.5. The Morgan fingerprint density at radius 1 is 1.00 bits per heavy atom. The summed E-state index contributed by atoms with van der Waals surface area (Å²) in [6, 6.07) is 13.8. The van der Waals surface area contributed by atoms with Gasteiger partial charge < -0.3 is 20.5 Å². The first-order valence-electron chi connectivity index (χ1n) is 6.54. The highest BCUT2D eigenvalue weighted by Crippen LogP contribution is 2.28. The smallest absolute Gasteiger partial charge is 0.143 e. The molecule has 0 fully saturated rings. The third-order valence-corrected chi connectivity index (χ3v) is 3.17. The van der Waals surface area contributed by atoms with Crippen molar-refractivity contribution in [2.75, 3.05) is 31.8 Å². The van der Waals surface area contributed by atoms with Gasteiger partial charge in [-0.3, -0.25) is 0 Å². The van der Waals surface area contributed by atoms with E-state index in [2.05, 4.69) is 17.4 Å². The van der Waals surface area contributed by atoms with E-state index in [0.29, 0.717) is 11.4 Å². The van der Waals surface area contributed by atoms with Crippen LogP contribution in [-0.2, 0) is 6.42 Å². The molecule has 2 rings (SSSR count). The lowest BCUT2D eigenvalue weighted by atomic mass is 10.1. The molecular weight excluding hydrogens is 252 g/mol. The van der Waals surface area contributed by atoms with Crippen LogP contribution in [0.15, 0.2) is 42.5 Å². The van der Waals surface area contributed by atoms with Crippen LogP contribution in [-0.4, -0.2) is 20.8 Å². The molecule has 106 valence electrons. The molecule has 0 atom stereocenters. The van der Waals surface area contributed by atoms with E-state index in [1.807, 2.05) is 30.3 Å². The van der Waals surface area contributed by atoms with Gasteiger partial charge in [-0.1, -0.05) is 18.2 Å². The summed E-state index contributed by atoms with van der Waals surface area (Å²) < 4.78 is 10.3. The maximum Gasteiger partial charge on any atom is 0.143 e. The Balaban J connectivity index is 1.92. The molecule has 3 N–H and O–H groups in total. The predicted octanol–water partition coefficient (Wildman–Crippen LogP) is 2.94. The number of ether oxygens (including phenoxy) is 2. The summed E-state index contributed by atoms with van der Waals surface area (Å²) in [6.07, 6.45) is 0.917. The predicted molar refractivity (Wildman–Crippen MR) is 82.6 cm³/mol. The number of nitrogens with two attached hydrogens (primary N) is 1. The number of anilines is 2. The van der Waals surface area contributed by atoms with Gasteiger partial charge in [0, 0.05) is 6.54 Å². The Kier molecular flexibility index (Phi) is 4.71. The molecule has 0 bridgehead atoms. The van der Waals surface area contributed by atoms with Crippen LogP contribution in [0.5, 0.6) is 11.5 Å². The van der Waals surface area contributed by atoms with E-state index in [1.54, 1.807) is 14.2 Å². The van der Waals surface area contributed by atoms with Gasteiger partial charge in [-0.05, 0) is 36.2 Å². The number of rotatable bonds is 6. The molecule has 0 radical (unpaired) electrons. The van der Waals surface area contributed by atoms with Crippen LogP contribution in [0.3, 0.4) is 0 Å². The van der Waals surface area contributed by atoms with Gasteiger partial charge in [0.25, 0.3) is 0 Å². The molecule has 2 aromatic rings. The van der Waals surface area contributed by atoms with E-state index in [1.165, 1.54) is 5.56 Å². The number of hydrogen-bond acceptors (Lipinski definition) is 4. The summed E-state index contributed by atoms with van der Waals surface area (Å²) in [7, 11) is 3.29. The summed E-state index contributed by atoms with van der Waals surface area (Å²) in [5.41, 5.74) is 8.80. The minimum atomic E-state index is 0.643. The van der Waals surface area contributed by atoms with Crippen molar-refractivity contribution in [2.24, 2.45) is 0 Å². The molecule has 4 nitrogen and oxygen atoms in total. The molecule has 0 aliphatic rings. The fourth-order valence-corrected chi connectivity index (χ4v) is 2.01. The Morgan fingerprint density at radius 3 is 2.40 bits per heavy atom. The molecular formula is C16H20N2O2. The maximum absolute atomic E-state index is 6.01. The topological polar surface area (TPSA) is 56.5 Å². The first-order valence-corrected chi connectivity index (χ1v) is 6.54. The van der Waals surface area contributed by atoms with Gasteiger partial charge in [0.05, 0.1) is 25.6 Å². The van der Waals surface area contributed by atoms with Gasteiger partial charge >= 0.3 is 0 Å². The number of hydrogen-bond donors (Lipinski definition) is 2. The molecule has 0 saturated heterocycles. The lowest BCUT2D eigenvalue weighted by Gasteiger charge is -2.12. The normalized spacial score (nSPS) is 10.1. The zero-order chi connectivity index (χ0) is 14.4. The van der Waals surface area contributed by atoms with Crippen LogP contribution in [0.4, 0.5) is 11.4 Å². The number of benzene rings is 2. The second kappa shape index (κ2) is 6.70. The number of nitrogen functional groups attached to an aromatic ring is 1. The van der Waals surface area contributed by atoms with Gasteiger partial charge in [0.2, 0.25) is 0 Å². The molecule has 0 unspecified atom stereocenters. The van der Waals surface area contributed by atoms with Gasteiger partial charge in [-0.25, -0.2) is 0 Å². The van der Waals surface area contributed by atoms with Gasteiger partial charge in [0.15, 0.2) is 0 Å². The lowest BCUT2D eigenvalue weighted by Crippen LogP contribution is -2.07. The Bertz CT molecular complexity index is 553. The van der Waals surface area contributed by atoms with Crippen molar-refractivity contribution < 1.29 is 9.47 Å². The molecule has 0 aliphatic heterocycles. The number of nitrogens with one attached hydrogen (secondary N) is 1.